The van der Waals surface area contributed by atoms with Crippen LogP contribution in [0, 0.1) is 5.92 Å². The van der Waals surface area contributed by atoms with Gasteiger partial charge in [0, 0.05) is 20.2 Å². The van der Waals surface area contributed by atoms with Crippen LogP contribution in [-0.2, 0) is 0 Å². The van der Waals surface area contributed by atoms with Crippen LogP contribution in [0.2, 0.25) is 0 Å². The predicted octanol–water partition coefficient (Wildman–Crippen LogP) is 2.02. The molecule has 1 unspecified atom stereocenters. The van der Waals surface area contributed by atoms with Gasteiger partial charge in [-0.05, 0) is 50.4 Å². The van der Waals surface area contributed by atoms with Crippen molar-refractivity contribution in [3.63, 3.8) is 0 Å². The number of para-hydroxylation sites is 1. The fourth-order valence-corrected chi connectivity index (χ4v) is 3.68. The minimum absolute atomic E-state index is 0.384. The molecule has 22 heavy (non-hydrogen) atoms. The van der Waals surface area contributed by atoms with Crippen molar-refractivity contribution < 1.29 is 4.74 Å². The molecule has 2 fully saturated rings. The second-order valence-electron chi connectivity index (χ2n) is 6.25. The third kappa shape index (κ3) is 3.10. The van der Waals surface area contributed by atoms with Crippen LogP contribution < -0.4 is 15.4 Å². The molecule has 2 atom stereocenters. The lowest BCUT2D eigenvalue weighted by atomic mass is 9.86. The summed E-state index contributed by atoms with van der Waals surface area (Å²) in [5.41, 5.74) is 0. The molecule has 0 radical (unpaired) electrons. The second-order valence-corrected chi connectivity index (χ2v) is 6.25. The average molecular weight is 302 g/mol. The van der Waals surface area contributed by atoms with Gasteiger partial charge in [-0.3, -0.25) is 5.32 Å². The molecule has 1 aromatic rings. The van der Waals surface area contributed by atoms with E-state index in [1.807, 2.05) is 42.3 Å². The molecule has 120 valence electrons. The van der Waals surface area contributed by atoms with E-state index in [9.17, 15) is 0 Å². The predicted molar refractivity (Wildman–Crippen MR) is 88.9 cm³/mol. The Labute approximate surface area is 132 Å². The molecule has 0 aliphatic carbocycles. The van der Waals surface area contributed by atoms with Gasteiger partial charge in [-0.25, -0.2) is 5.01 Å². The zero-order valence-electron chi connectivity index (χ0n) is 13.3. The van der Waals surface area contributed by atoms with Crippen LogP contribution in [0.3, 0.4) is 0 Å². The molecule has 5 nitrogen and oxygen atoms in total. The Bertz CT molecular complexity index is 489. The number of piperidine rings is 1. The van der Waals surface area contributed by atoms with Gasteiger partial charge in [0.15, 0.2) is 0 Å². The molecule has 0 amide bonds. The summed E-state index contributed by atoms with van der Waals surface area (Å²) < 4.78 is 6.23. The van der Waals surface area contributed by atoms with E-state index >= 15 is 0 Å². The summed E-state index contributed by atoms with van der Waals surface area (Å²) in [6.45, 7) is 8.97. The number of hydrogen-bond acceptors (Lipinski definition) is 5. The van der Waals surface area contributed by atoms with Crippen molar-refractivity contribution >= 4 is 6.72 Å². The molecule has 0 aromatic heterocycles. The number of nitrogens with one attached hydrogen (secondary N) is 2. The molecule has 2 saturated heterocycles. The molecule has 2 N–H and O–H groups in total. The summed E-state index contributed by atoms with van der Waals surface area (Å²) in [5, 5.41) is 13.3. The largest absolute Gasteiger partial charge is 0.453 e. The van der Waals surface area contributed by atoms with Crippen molar-refractivity contribution in [1.82, 2.24) is 15.6 Å². The van der Waals surface area contributed by atoms with Crippen molar-refractivity contribution in [2.45, 2.75) is 38.1 Å². The smallest absolute Gasteiger partial charge is 0.252 e. The highest BCUT2D eigenvalue weighted by molar-refractivity contribution is 5.24. The van der Waals surface area contributed by atoms with Crippen LogP contribution in [0.15, 0.2) is 35.4 Å². The molecule has 3 rings (SSSR count). The number of ether oxygens (including phenoxy) is 1. The van der Waals surface area contributed by atoms with Crippen LogP contribution in [-0.4, -0.2) is 43.3 Å². The first-order chi connectivity index (χ1) is 10.7. The van der Waals surface area contributed by atoms with Crippen molar-refractivity contribution in [1.29, 1.82) is 0 Å². The van der Waals surface area contributed by atoms with Crippen molar-refractivity contribution in [2.24, 2.45) is 11.0 Å². The molecular formula is C17H26N4O. The maximum atomic E-state index is 6.23. The van der Waals surface area contributed by atoms with Crippen molar-refractivity contribution in [3.05, 3.63) is 30.3 Å². The topological polar surface area (TPSA) is 48.9 Å². The number of rotatable bonds is 4. The molecule has 2 aliphatic heterocycles. The molecule has 0 bridgehead atoms. The maximum absolute atomic E-state index is 6.23. The van der Waals surface area contributed by atoms with E-state index in [2.05, 4.69) is 22.5 Å². The van der Waals surface area contributed by atoms with Gasteiger partial charge in [0.1, 0.15) is 5.75 Å². The van der Waals surface area contributed by atoms with Crippen LogP contribution in [0.25, 0.3) is 0 Å². The van der Waals surface area contributed by atoms with Crippen LogP contribution in [0.1, 0.15) is 26.2 Å². The fourth-order valence-electron chi connectivity index (χ4n) is 3.68. The van der Waals surface area contributed by atoms with Gasteiger partial charge < -0.3 is 10.1 Å². The highest BCUT2D eigenvalue weighted by Crippen LogP contribution is 2.32. The van der Waals surface area contributed by atoms with Crippen LogP contribution >= 0.6 is 0 Å². The molecule has 0 spiro atoms. The molecule has 5 heteroatoms. The Balaban J connectivity index is 1.78. The van der Waals surface area contributed by atoms with E-state index in [0.29, 0.717) is 12.0 Å². The highest BCUT2D eigenvalue weighted by Gasteiger charge is 2.44. The van der Waals surface area contributed by atoms with Crippen molar-refractivity contribution in [2.75, 3.05) is 19.6 Å². The minimum Gasteiger partial charge on any atom is -0.453 e. The third-order valence-electron chi connectivity index (χ3n) is 4.78. The third-order valence-corrected chi connectivity index (χ3v) is 4.78. The lowest BCUT2D eigenvalue weighted by molar-refractivity contribution is -0.151. The van der Waals surface area contributed by atoms with Gasteiger partial charge in [-0.2, -0.15) is 5.10 Å². The standard InChI is InChI=1S/C17H26N4O/c1-17(22-15-6-4-3-5-7-15)20-13-10-16(21(17)18-2)14-8-11-19-12-9-14/h3-7,14,16,19-20H,2,8-13H2,1H3/t16-,17?/m0/s1. The highest BCUT2D eigenvalue weighted by atomic mass is 16.5. The van der Waals surface area contributed by atoms with E-state index in [-0.39, 0.29) is 0 Å². The molecule has 2 heterocycles. The summed E-state index contributed by atoms with van der Waals surface area (Å²) in [4.78, 5) is 0. The first-order valence-corrected chi connectivity index (χ1v) is 8.19. The Hall–Kier alpha value is -1.59. The van der Waals surface area contributed by atoms with Crippen LogP contribution in [0.5, 0.6) is 5.75 Å². The number of nitrogens with zero attached hydrogens (tertiary/aromatic N) is 2. The Kier molecular flexibility index (Phi) is 4.64. The Morgan fingerprint density at radius 2 is 1.91 bits per heavy atom. The van der Waals surface area contributed by atoms with E-state index in [1.54, 1.807) is 0 Å². The molecule has 0 saturated carbocycles. The van der Waals surface area contributed by atoms with E-state index < -0.39 is 5.85 Å². The summed E-state index contributed by atoms with van der Waals surface area (Å²) in [6, 6.07) is 10.3. The van der Waals surface area contributed by atoms with Gasteiger partial charge in [-0.15, -0.1) is 0 Å². The number of hydrogen-bond donors (Lipinski definition) is 2. The first-order valence-electron chi connectivity index (χ1n) is 8.19. The van der Waals surface area contributed by atoms with E-state index in [0.717, 1.165) is 31.8 Å². The molecule has 1 aromatic carbocycles. The zero-order chi connectivity index (χ0) is 15.4. The normalized spacial score (nSPS) is 30.0. The molecule has 2 aliphatic rings. The van der Waals surface area contributed by atoms with E-state index in [4.69, 9.17) is 4.74 Å². The Morgan fingerprint density at radius 1 is 1.18 bits per heavy atom. The van der Waals surface area contributed by atoms with Gasteiger partial charge in [0.05, 0.1) is 6.04 Å². The lowest BCUT2D eigenvalue weighted by Gasteiger charge is -2.50. The average Bonchev–Trinajstić information content (AvgIpc) is 2.56. The van der Waals surface area contributed by atoms with Gasteiger partial charge in [0.25, 0.3) is 5.85 Å². The molecular weight excluding hydrogens is 276 g/mol. The van der Waals surface area contributed by atoms with Gasteiger partial charge in [-0.1, -0.05) is 18.2 Å². The maximum Gasteiger partial charge on any atom is 0.252 e. The van der Waals surface area contributed by atoms with Crippen molar-refractivity contribution in [3.8, 4) is 5.75 Å². The number of benzene rings is 1. The monoisotopic (exact) mass is 302 g/mol. The van der Waals surface area contributed by atoms with E-state index in [1.165, 1.54) is 12.8 Å². The van der Waals surface area contributed by atoms with Gasteiger partial charge >= 0.3 is 0 Å². The van der Waals surface area contributed by atoms with Crippen LogP contribution in [0.4, 0.5) is 0 Å². The second kappa shape index (κ2) is 6.67. The quantitative estimate of drug-likeness (QED) is 0.836. The fraction of sp³-hybridized carbons (Fsp3) is 0.588. The summed E-state index contributed by atoms with van der Waals surface area (Å²) in [5.74, 6) is 0.848. The zero-order valence-corrected chi connectivity index (χ0v) is 13.3. The summed E-state index contributed by atoms with van der Waals surface area (Å²) in [7, 11) is 0. The Morgan fingerprint density at radius 3 is 2.59 bits per heavy atom. The summed E-state index contributed by atoms with van der Waals surface area (Å²) >= 11 is 0. The van der Waals surface area contributed by atoms with Gasteiger partial charge in [0.2, 0.25) is 0 Å². The first kappa shape index (κ1) is 15.3. The summed E-state index contributed by atoms with van der Waals surface area (Å²) in [6.07, 6.45) is 3.47. The SMILES string of the molecule is C=NN1[C@H](C2CCNCC2)CCNC1(C)Oc1ccccc1. The minimum atomic E-state index is -0.642. The number of hydrazone groups is 1. The lowest BCUT2D eigenvalue weighted by Crippen LogP contribution is -2.67.